The Morgan fingerprint density at radius 2 is 1.84 bits per heavy atom. The minimum atomic E-state index is -0.834. The van der Waals surface area contributed by atoms with Gasteiger partial charge in [-0.1, -0.05) is 44.7 Å². The molecule has 7 rings (SSSR count). The Bertz CT molecular complexity index is 2260. The van der Waals surface area contributed by atoms with Crippen LogP contribution in [-0.2, 0) is 28.0 Å². The summed E-state index contributed by atoms with van der Waals surface area (Å²) in [6.07, 6.45) is 4.34. The number of anilines is 1. The van der Waals surface area contributed by atoms with Crippen LogP contribution in [-0.4, -0.2) is 64.3 Å². The fourth-order valence-electron chi connectivity index (χ4n) is 6.54. The number of amides is 2. The molecule has 0 radical (unpaired) electrons. The van der Waals surface area contributed by atoms with Crippen LogP contribution in [0.1, 0.15) is 66.7 Å². The topological polar surface area (TPSA) is 136 Å². The third kappa shape index (κ3) is 6.11. The van der Waals surface area contributed by atoms with E-state index in [2.05, 4.69) is 79.3 Å². The number of nitrogens with one attached hydrogen (secondary N) is 1. The molecule has 2 aliphatic rings. The van der Waals surface area contributed by atoms with Crippen molar-refractivity contribution in [2.24, 2.45) is 5.41 Å². The van der Waals surface area contributed by atoms with Gasteiger partial charge in [0.05, 0.1) is 21.6 Å². The van der Waals surface area contributed by atoms with Crippen LogP contribution in [0, 0.1) is 31.1 Å². The summed E-state index contributed by atoms with van der Waals surface area (Å²) >= 11 is 4.97. The number of carbonyl (C=O) groups is 3. The van der Waals surface area contributed by atoms with Crippen molar-refractivity contribution in [3.05, 3.63) is 80.5 Å². The maximum atomic E-state index is 14.4. The van der Waals surface area contributed by atoms with Crippen molar-refractivity contribution in [1.29, 1.82) is 0 Å². The molecule has 1 N–H and O–H groups in total. The number of carbonyl (C=O) groups excluding carboxylic acids is 3. The summed E-state index contributed by atoms with van der Waals surface area (Å²) in [5.74, 6) is 6.74. The molecule has 254 valence electrons. The molecular weight excluding hydrogens is 716 g/mol. The molecule has 0 saturated carbocycles. The maximum absolute atomic E-state index is 14.4. The van der Waals surface area contributed by atoms with Crippen LogP contribution in [0.15, 0.2) is 52.7 Å². The number of likely N-dealkylation sites (tertiary alicyclic amines) is 1. The molecule has 11 nitrogen and oxygen atoms in total. The first-order chi connectivity index (χ1) is 23.7. The predicted octanol–water partition coefficient (Wildman–Crippen LogP) is 6.08. The second-order valence-electron chi connectivity index (χ2n) is 14.0. The molecule has 0 unspecified atom stereocenters. The second kappa shape index (κ2) is 12.5. The van der Waals surface area contributed by atoms with Crippen molar-refractivity contribution in [3.63, 3.8) is 0 Å². The van der Waals surface area contributed by atoms with Crippen LogP contribution in [0.25, 0.3) is 22.0 Å². The molecule has 2 amide bonds. The predicted molar refractivity (Wildman–Crippen MR) is 195 cm³/mol. The number of pyridine rings is 1. The highest BCUT2D eigenvalue weighted by Gasteiger charge is 2.58. The Morgan fingerprint density at radius 1 is 1.08 bits per heavy atom. The Balaban J connectivity index is 1.22. The molecule has 5 aromatic rings. The Kier molecular flexibility index (Phi) is 8.43. The highest BCUT2D eigenvalue weighted by atomic mass is 79.9. The maximum Gasteiger partial charge on any atom is 0.248 e. The first-order valence-electron chi connectivity index (χ1n) is 16.3. The van der Waals surface area contributed by atoms with Crippen molar-refractivity contribution < 1.29 is 14.4 Å². The van der Waals surface area contributed by atoms with Gasteiger partial charge in [-0.05, 0) is 65.5 Å². The summed E-state index contributed by atoms with van der Waals surface area (Å²) in [5, 5.41) is 11.2. The number of aromatic nitrogens is 6. The third-order valence-electron chi connectivity index (χ3n) is 9.32. The minimum absolute atomic E-state index is 0.105. The van der Waals surface area contributed by atoms with Crippen LogP contribution in [0.5, 0.6) is 0 Å². The lowest BCUT2D eigenvalue weighted by atomic mass is 9.71. The summed E-state index contributed by atoms with van der Waals surface area (Å²) in [7, 11) is 0. The van der Waals surface area contributed by atoms with Gasteiger partial charge in [-0.25, -0.2) is 19.9 Å². The second-order valence-corrected chi connectivity index (χ2v) is 15.8. The van der Waals surface area contributed by atoms with E-state index in [1.54, 1.807) is 39.4 Å². The summed E-state index contributed by atoms with van der Waals surface area (Å²) in [4.78, 5) is 60.9. The first kappa shape index (κ1) is 33.7. The van der Waals surface area contributed by atoms with E-state index in [-0.39, 0.29) is 35.3 Å². The number of rotatable bonds is 8. The zero-order chi connectivity index (χ0) is 35.5. The first-order valence-corrected chi connectivity index (χ1v) is 17.9. The molecule has 5 heterocycles. The Hall–Kier alpha value is -4.80. The Labute approximate surface area is 302 Å². The minimum Gasteiger partial charge on any atom is -0.314 e. The summed E-state index contributed by atoms with van der Waals surface area (Å²) in [6.45, 7) is 11.3. The Morgan fingerprint density at radius 3 is 2.50 bits per heavy atom. The number of halogens is 1. The number of fused-ring (bicyclic) bond motifs is 2. The molecule has 3 atom stereocenters. The smallest absolute Gasteiger partial charge is 0.248 e. The van der Waals surface area contributed by atoms with Crippen LogP contribution < -0.4 is 5.32 Å². The molecule has 1 aliphatic heterocycles. The van der Waals surface area contributed by atoms with Crippen LogP contribution >= 0.6 is 27.3 Å². The van der Waals surface area contributed by atoms with E-state index >= 15 is 0 Å². The molecule has 4 aromatic heterocycles. The lowest BCUT2D eigenvalue weighted by Gasteiger charge is -2.36. The SMILES string of the molecule is CC(=O)c1nn(CC(=O)N2[C@H](C(=O)Nc3nc(Br)ccc3C)C[C@@]3(Cc4nc(C(C)(C)C)cs4)C#C[C@@H]23)c2ccc(-c3cnc(C)nc3)cc12. The van der Waals surface area contributed by atoms with Crippen molar-refractivity contribution in [2.45, 2.75) is 78.4 Å². The van der Waals surface area contributed by atoms with Crippen molar-refractivity contribution in [1.82, 2.24) is 34.6 Å². The van der Waals surface area contributed by atoms with E-state index in [0.717, 1.165) is 27.4 Å². The van der Waals surface area contributed by atoms with Crippen LogP contribution in [0.2, 0.25) is 0 Å². The van der Waals surface area contributed by atoms with Gasteiger partial charge in [0.2, 0.25) is 11.8 Å². The van der Waals surface area contributed by atoms with Gasteiger partial charge in [-0.15, -0.1) is 11.3 Å². The van der Waals surface area contributed by atoms with Crippen molar-refractivity contribution >= 4 is 61.6 Å². The number of hydrogen-bond donors (Lipinski definition) is 1. The van der Waals surface area contributed by atoms with E-state index in [1.807, 2.05) is 38.1 Å². The van der Waals surface area contributed by atoms with Crippen LogP contribution in [0.3, 0.4) is 0 Å². The molecule has 0 bridgehead atoms. The third-order valence-corrected chi connectivity index (χ3v) is 10.6. The molecule has 1 aromatic carbocycles. The molecular formula is C37H35BrN8O3S. The molecule has 0 spiro atoms. The highest BCUT2D eigenvalue weighted by molar-refractivity contribution is 9.10. The van der Waals surface area contributed by atoms with Crippen LogP contribution in [0.4, 0.5) is 5.82 Å². The number of Topliss-reactive ketones (excluding diaryl/α,β-unsaturated/α-hetero) is 1. The monoisotopic (exact) mass is 750 g/mol. The number of ketones is 1. The molecule has 1 saturated heterocycles. The molecule has 1 aliphatic carbocycles. The van der Waals surface area contributed by atoms with E-state index in [9.17, 15) is 14.4 Å². The van der Waals surface area contributed by atoms with Gasteiger partial charge >= 0.3 is 0 Å². The standard InChI is InChI=1S/C37H35BrN8O3S/c1-20-7-10-30(38)42-34(20)43-35(49)27-14-37(15-31-41-28(19-50-31)36(4,5)6)12-11-29(37)46(27)32(48)18-45-26-9-8-23(24-16-39-22(3)40-17-24)13-25(26)33(44-45)21(2)47/h7-10,13,16-17,19,27,29H,14-15,18H2,1-6H3,(H,42,43,49)/t27-,29+,37+/m0/s1. The van der Waals surface area contributed by atoms with E-state index in [0.29, 0.717) is 40.0 Å². The molecule has 1 fully saturated rings. The van der Waals surface area contributed by atoms with Gasteiger partial charge < -0.3 is 10.2 Å². The van der Waals surface area contributed by atoms with Gasteiger partial charge in [0.15, 0.2) is 5.78 Å². The number of thiazole rings is 1. The molecule has 50 heavy (non-hydrogen) atoms. The summed E-state index contributed by atoms with van der Waals surface area (Å²) in [5.41, 5.74) is 3.55. The van der Waals surface area contributed by atoms with Gasteiger partial charge in [0.25, 0.3) is 0 Å². The van der Waals surface area contributed by atoms with Gasteiger partial charge in [0.1, 0.15) is 40.6 Å². The van der Waals surface area contributed by atoms with Crippen molar-refractivity contribution in [3.8, 4) is 23.0 Å². The lowest BCUT2D eigenvalue weighted by molar-refractivity contribution is -0.138. The number of nitrogens with zero attached hydrogens (tertiary/aromatic N) is 7. The molecule has 13 heteroatoms. The van der Waals surface area contributed by atoms with Gasteiger partial charge in [0, 0.05) is 47.5 Å². The van der Waals surface area contributed by atoms with E-state index < -0.39 is 17.5 Å². The van der Waals surface area contributed by atoms with Gasteiger partial charge in [-0.3, -0.25) is 19.1 Å². The van der Waals surface area contributed by atoms with E-state index in [1.165, 1.54) is 6.92 Å². The van der Waals surface area contributed by atoms with Gasteiger partial charge in [-0.2, -0.15) is 5.10 Å². The summed E-state index contributed by atoms with van der Waals surface area (Å²) < 4.78 is 2.13. The van der Waals surface area contributed by atoms with E-state index in [4.69, 9.17) is 4.98 Å². The average Bonchev–Trinajstić information content (AvgIpc) is 3.73. The number of aryl methyl sites for hydroxylation is 2. The largest absolute Gasteiger partial charge is 0.314 e. The summed E-state index contributed by atoms with van der Waals surface area (Å²) in [6, 6.07) is 7.95. The lowest BCUT2D eigenvalue weighted by Crippen LogP contribution is -2.51. The number of benzene rings is 1. The zero-order valence-corrected chi connectivity index (χ0v) is 30.9. The highest BCUT2D eigenvalue weighted by Crippen LogP contribution is 2.48. The number of hydrogen-bond acceptors (Lipinski definition) is 9. The quantitative estimate of drug-likeness (QED) is 0.115. The van der Waals surface area contributed by atoms with Crippen molar-refractivity contribution in [2.75, 3.05) is 5.32 Å². The normalized spacial score (nSPS) is 19.5. The fourth-order valence-corrected chi connectivity index (χ4v) is 8.00. The average molecular weight is 752 g/mol. The fraction of sp³-hybridized carbons (Fsp3) is 0.351. The zero-order valence-electron chi connectivity index (χ0n) is 28.5.